The molecule has 0 saturated carbocycles. The van der Waals surface area contributed by atoms with Gasteiger partial charge in [-0.05, 0) is 43.5 Å². The van der Waals surface area contributed by atoms with Crippen LogP contribution in [-0.4, -0.2) is 21.1 Å². The van der Waals surface area contributed by atoms with E-state index in [9.17, 15) is 0 Å². The molecule has 1 aromatic heterocycles. The van der Waals surface area contributed by atoms with Gasteiger partial charge in [0.2, 0.25) is 5.28 Å². The second-order valence-electron chi connectivity index (χ2n) is 4.55. The standard InChI is InChI=1S/C14H16ClN3OS/c1-9(2)19-13-16-12(15)17-14(18-13)20-8-11-7-5-4-6-10(11)3/h4-7,9H,8H2,1-3H3. The molecule has 0 bridgehead atoms. The number of hydrogen-bond donors (Lipinski definition) is 0. The van der Waals surface area contributed by atoms with Gasteiger partial charge >= 0.3 is 6.01 Å². The number of halogens is 1. The van der Waals surface area contributed by atoms with Gasteiger partial charge in [0.1, 0.15) is 0 Å². The first kappa shape index (κ1) is 15.1. The number of ether oxygens (including phenoxy) is 1. The summed E-state index contributed by atoms with van der Waals surface area (Å²) in [4.78, 5) is 12.3. The third-order valence-corrected chi connectivity index (χ3v) is 3.59. The van der Waals surface area contributed by atoms with Crippen molar-refractivity contribution >= 4 is 23.4 Å². The number of rotatable bonds is 5. The number of hydrogen-bond acceptors (Lipinski definition) is 5. The monoisotopic (exact) mass is 309 g/mol. The maximum atomic E-state index is 5.89. The van der Waals surface area contributed by atoms with Gasteiger partial charge in [-0.15, -0.1) is 0 Å². The smallest absolute Gasteiger partial charge is 0.321 e. The average molecular weight is 310 g/mol. The quantitative estimate of drug-likeness (QED) is 0.784. The van der Waals surface area contributed by atoms with Gasteiger partial charge in [-0.3, -0.25) is 0 Å². The molecule has 2 rings (SSSR count). The van der Waals surface area contributed by atoms with Crippen LogP contribution >= 0.6 is 23.4 Å². The maximum absolute atomic E-state index is 5.89. The molecule has 0 unspecified atom stereocenters. The zero-order chi connectivity index (χ0) is 14.5. The van der Waals surface area contributed by atoms with Crippen molar-refractivity contribution in [3.8, 4) is 6.01 Å². The van der Waals surface area contributed by atoms with Crippen molar-refractivity contribution in [3.63, 3.8) is 0 Å². The fraction of sp³-hybridized carbons (Fsp3) is 0.357. The highest BCUT2D eigenvalue weighted by Gasteiger charge is 2.09. The van der Waals surface area contributed by atoms with Crippen LogP contribution in [0.3, 0.4) is 0 Å². The first-order chi connectivity index (χ1) is 9.54. The fourth-order valence-corrected chi connectivity index (χ4v) is 2.66. The molecular formula is C14H16ClN3OS. The molecule has 2 aromatic rings. The second kappa shape index (κ2) is 6.90. The SMILES string of the molecule is Cc1ccccc1CSc1nc(Cl)nc(OC(C)C)n1. The van der Waals surface area contributed by atoms with Crippen molar-refractivity contribution in [2.45, 2.75) is 37.8 Å². The van der Waals surface area contributed by atoms with E-state index in [4.69, 9.17) is 16.3 Å². The van der Waals surface area contributed by atoms with Crippen LogP contribution in [0.4, 0.5) is 0 Å². The van der Waals surface area contributed by atoms with Gasteiger partial charge in [-0.1, -0.05) is 36.0 Å². The summed E-state index contributed by atoms with van der Waals surface area (Å²) >= 11 is 7.41. The fourth-order valence-electron chi connectivity index (χ4n) is 1.56. The molecule has 0 aliphatic rings. The molecule has 0 fully saturated rings. The lowest BCUT2D eigenvalue weighted by molar-refractivity contribution is 0.219. The number of aryl methyl sites for hydroxylation is 1. The average Bonchev–Trinajstić information content (AvgIpc) is 2.36. The highest BCUT2D eigenvalue weighted by molar-refractivity contribution is 7.98. The summed E-state index contributed by atoms with van der Waals surface area (Å²) < 4.78 is 5.45. The van der Waals surface area contributed by atoms with E-state index in [1.165, 1.54) is 22.9 Å². The summed E-state index contributed by atoms with van der Waals surface area (Å²) in [7, 11) is 0. The Balaban J connectivity index is 2.09. The summed E-state index contributed by atoms with van der Waals surface area (Å²) in [6.07, 6.45) is 0.00249. The highest BCUT2D eigenvalue weighted by Crippen LogP contribution is 2.23. The molecular weight excluding hydrogens is 294 g/mol. The number of thioether (sulfide) groups is 1. The van der Waals surface area contributed by atoms with Crippen LogP contribution in [0.25, 0.3) is 0 Å². The van der Waals surface area contributed by atoms with Crippen LogP contribution in [0.1, 0.15) is 25.0 Å². The molecule has 0 aliphatic carbocycles. The lowest BCUT2D eigenvalue weighted by Gasteiger charge is -2.09. The van der Waals surface area contributed by atoms with Crippen molar-refractivity contribution in [1.29, 1.82) is 0 Å². The zero-order valence-electron chi connectivity index (χ0n) is 11.6. The molecule has 0 saturated heterocycles. The normalized spacial score (nSPS) is 10.8. The zero-order valence-corrected chi connectivity index (χ0v) is 13.2. The van der Waals surface area contributed by atoms with Crippen LogP contribution in [-0.2, 0) is 5.75 Å². The molecule has 4 nitrogen and oxygen atoms in total. The summed E-state index contributed by atoms with van der Waals surface area (Å²) in [5.41, 5.74) is 2.50. The van der Waals surface area contributed by atoms with Crippen molar-refractivity contribution < 1.29 is 4.74 Å². The van der Waals surface area contributed by atoms with E-state index in [1.807, 2.05) is 26.0 Å². The minimum Gasteiger partial charge on any atom is -0.461 e. The van der Waals surface area contributed by atoms with E-state index in [1.54, 1.807) is 0 Å². The Labute approximate surface area is 128 Å². The predicted octanol–water partition coefficient (Wildman–Crippen LogP) is 3.91. The van der Waals surface area contributed by atoms with Crippen molar-refractivity contribution in [3.05, 3.63) is 40.7 Å². The van der Waals surface area contributed by atoms with Crippen molar-refractivity contribution in [2.75, 3.05) is 0 Å². The van der Waals surface area contributed by atoms with E-state index in [2.05, 4.69) is 34.0 Å². The Bertz CT molecular complexity index is 592. The minimum atomic E-state index is 0.00249. The van der Waals surface area contributed by atoms with E-state index in [-0.39, 0.29) is 17.4 Å². The van der Waals surface area contributed by atoms with Crippen molar-refractivity contribution in [2.24, 2.45) is 0 Å². The molecule has 1 heterocycles. The van der Waals surface area contributed by atoms with Crippen LogP contribution in [0.2, 0.25) is 5.28 Å². The predicted molar refractivity (Wildman–Crippen MR) is 81.3 cm³/mol. The van der Waals surface area contributed by atoms with Crippen LogP contribution in [0.5, 0.6) is 6.01 Å². The Hall–Kier alpha value is -1.33. The number of nitrogens with zero attached hydrogens (tertiary/aromatic N) is 3. The van der Waals surface area contributed by atoms with Gasteiger partial charge in [0.25, 0.3) is 0 Å². The Morgan fingerprint density at radius 3 is 2.65 bits per heavy atom. The topological polar surface area (TPSA) is 47.9 Å². The van der Waals surface area contributed by atoms with Gasteiger partial charge in [-0.2, -0.15) is 15.0 Å². The van der Waals surface area contributed by atoms with Gasteiger partial charge in [0, 0.05) is 5.75 Å². The first-order valence-corrected chi connectivity index (χ1v) is 7.66. The largest absolute Gasteiger partial charge is 0.461 e. The third kappa shape index (κ3) is 4.35. The van der Waals surface area contributed by atoms with E-state index in [0.29, 0.717) is 5.16 Å². The van der Waals surface area contributed by atoms with Crippen LogP contribution in [0.15, 0.2) is 29.4 Å². The van der Waals surface area contributed by atoms with Gasteiger partial charge in [0.05, 0.1) is 6.10 Å². The molecule has 20 heavy (non-hydrogen) atoms. The van der Waals surface area contributed by atoms with E-state index < -0.39 is 0 Å². The van der Waals surface area contributed by atoms with Crippen molar-refractivity contribution in [1.82, 2.24) is 15.0 Å². The first-order valence-electron chi connectivity index (χ1n) is 6.30. The maximum Gasteiger partial charge on any atom is 0.321 e. The Morgan fingerprint density at radius 1 is 1.20 bits per heavy atom. The van der Waals surface area contributed by atoms with Gasteiger partial charge < -0.3 is 4.74 Å². The molecule has 0 radical (unpaired) electrons. The molecule has 0 amide bonds. The summed E-state index contributed by atoms with van der Waals surface area (Å²) in [6.45, 7) is 5.92. The lowest BCUT2D eigenvalue weighted by Crippen LogP contribution is -2.09. The molecule has 1 aromatic carbocycles. The molecule has 6 heteroatoms. The Kier molecular flexibility index (Phi) is 5.20. The third-order valence-electron chi connectivity index (χ3n) is 2.53. The minimum absolute atomic E-state index is 0.00249. The molecule has 0 spiro atoms. The molecule has 106 valence electrons. The molecule has 0 aliphatic heterocycles. The van der Waals surface area contributed by atoms with Gasteiger partial charge in [-0.25, -0.2) is 0 Å². The molecule has 0 N–H and O–H groups in total. The van der Waals surface area contributed by atoms with Crippen LogP contribution in [0, 0.1) is 6.92 Å². The summed E-state index contributed by atoms with van der Waals surface area (Å²) in [6, 6.07) is 8.50. The number of aromatic nitrogens is 3. The van der Waals surface area contributed by atoms with E-state index >= 15 is 0 Å². The van der Waals surface area contributed by atoms with Gasteiger partial charge in [0.15, 0.2) is 5.16 Å². The second-order valence-corrected chi connectivity index (χ2v) is 5.83. The Morgan fingerprint density at radius 2 is 1.95 bits per heavy atom. The van der Waals surface area contributed by atoms with Crippen LogP contribution < -0.4 is 4.74 Å². The molecule has 0 atom stereocenters. The highest BCUT2D eigenvalue weighted by atomic mass is 35.5. The summed E-state index contributed by atoms with van der Waals surface area (Å²) in [5.74, 6) is 0.786. The van der Waals surface area contributed by atoms with E-state index in [0.717, 1.165) is 5.75 Å². The lowest BCUT2D eigenvalue weighted by atomic mass is 10.1. The number of benzene rings is 1. The summed E-state index contributed by atoms with van der Waals surface area (Å²) in [5, 5.41) is 0.729.